The van der Waals surface area contributed by atoms with E-state index >= 15 is 0 Å². The van der Waals surface area contributed by atoms with E-state index in [0.717, 1.165) is 0 Å². The van der Waals surface area contributed by atoms with Crippen molar-refractivity contribution in [1.82, 2.24) is 4.98 Å². The van der Waals surface area contributed by atoms with Gasteiger partial charge in [-0.05, 0) is 24.3 Å². The summed E-state index contributed by atoms with van der Waals surface area (Å²) >= 11 is 0. The molecule has 0 spiro atoms. The number of aromatic nitrogens is 1. The molecule has 2 rings (SSSR count). The van der Waals surface area contributed by atoms with Gasteiger partial charge in [-0.15, -0.1) is 0 Å². The van der Waals surface area contributed by atoms with Crippen molar-refractivity contribution in [3.05, 3.63) is 54.6 Å². The zero-order valence-electron chi connectivity index (χ0n) is 8.85. The minimum atomic E-state index is -0.712. The number of anilines is 2. The first-order valence-corrected chi connectivity index (χ1v) is 4.99. The number of carbonyl (C=O) groups is 1. The van der Waals surface area contributed by atoms with Crippen LogP contribution >= 0.6 is 0 Å². The average Bonchev–Trinajstić information content (AvgIpc) is 2.33. The van der Waals surface area contributed by atoms with Gasteiger partial charge in [0.05, 0.1) is 5.69 Å². The Labute approximate surface area is 97.5 Å². The summed E-state index contributed by atoms with van der Waals surface area (Å²) in [4.78, 5) is 14.9. The van der Waals surface area contributed by atoms with Gasteiger partial charge < -0.3 is 10.6 Å². The molecule has 86 valence electrons. The summed E-state index contributed by atoms with van der Waals surface area (Å²) in [5, 5.41) is 4.94. The number of amides is 2. The molecule has 0 aliphatic heterocycles. The Kier molecular flexibility index (Phi) is 3.30. The number of rotatable bonds is 2. The first-order chi connectivity index (χ1) is 8.25. The van der Waals surface area contributed by atoms with Crippen LogP contribution in [0.2, 0.25) is 0 Å². The molecular weight excluding hydrogens is 221 g/mol. The van der Waals surface area contributed by atoms with Gasteiger partial charge in [-0.3, -0.25) is 0 Å². The predicted octanol–water partition coefficient (Wildman–Crippen LogP) is 2.86. The first kappa shape index (κ1) is 11.1. The minimum absolute atomic E-state index is 0.0425. The van der Waals surface area contributed by atoms with E-state index in [9.17, 15) is 9.18 Å². The molecule has 2 aromatic rings. The van der Waals surface area contributed by atoms with E-state index in [1.54, 1.807) is 30.3 Å². The third kappa shape index (κ3) is 3.01. The quantitative estimate of drug-likeness (QED) is 0.781. The number of pyridine rings is 1. The normalized spacial score (nSPS) is 9.71. The lowest BCUT2D eigenvalue weighted by atomic mass is 10.3. The SMILES string of the molecule is O=C(Nc1ccccc1)Nc1cccnc1F. The summed E-state index contributed by atoms with van der Waals surface area (Å²) in [7, 11) is 0. The molecule has 0 aliphatic carbocycles. The summed E-state index contributed by atoms with van der Waals surface area (Å²) in [6.07, 6.45) is 1.32. The first-order valence-electron chi connectivity index (χ1n) is 4.99. The van der Waals surface area contributed by atoms with Gasteiger partial charge in [0.2, 0.25) is 5.95 Å². The Morgan fingerprint density at radius 2 is 1.82 bits per heavy atom. The van der Waals surface area contributed by atoms with Crippen molar-refractivity contribution >= 4 is 17.4 Å². The minimum Gasteiger partial charge on any atom is -0.308 e. The molecule has 0 fully saturated rings. The van der Waals surface area contributed by atoms with Crippen LogP contribution < -0.4 is 10.6 Å². The zero-order valence-corrected chi connectivity index (χ0v) is 8.85. The highest BCUT2D eigenvalue weighted by molar-refractivity contribution is 5.99. The maximum absolute atomic E-state index is 13.1. The number of benzene rings is 1. The Morgan fingerprint density at radius 3 is 2.53 bits per heavy atom. The molecule has 0 bridgehead atoms. The summed E-state index contributed by atoms with van der Waals surface area (Å²) in [5.41, 5.74) is 0.676. The lowest BCUT2D eigenvalue weighted by molar-refractivity contribution is 0.262. The summed E-state index contributed by atoms with van der Waals surface area (Å²) in [6, 6.07) is 11.4. The van der Waals surface area contributed by atoms with E-state index in [0.29, 0.717) is 5.69 Å². The second-order valence-corrected chi connectivity index (χ2v) is 3.29. The number of halogens is 1. The van der Waals surface area contributed by atoms with Crippen LogP contribution in [0.4, 0.5) is 20.6 Å². The number of urea groups is 1. The monoisotopic (exact) mass is 231 g/mol. The van der Waals surface area contributed by atoms with Crippen LogP contribution in [0.5, 0.6) is 0 Å². The average molecular weight is 231 g/mol. The third-order valence-electron chi connectivity index (χ3n) is 2.04. The van der Waals surface area contributed by atoms with Gasteiger partial charge in [-0.2, -0.15) is 4.39 Å². The third-order valence-corrected chi connectivity index (χ3v) is 2.04. The molecule has 2 amide bonds. The zero-order chi connectivity index (χ0) is 12.1. The number of nitrogens with zero attached hydrogens (tertiary/aromatic N) is 1. The van der Waals surface area contributed by atoms with Crippen LogP contribution in [0.25, 0.3) is 0 Å². The van der Waals surface area contributed by atoms with E-state index in [4.69, 9.17) is 0 Å². The molecule has 0 aliphatic rings. The molecular formula is C12H10FN3O. The predicted molar refractivity (Wildman–Crippen MR) is 63.3 cm³/mol. The van der Waals surface area contributed by atoms with E-state index < -0.39 is 12.0 Å². The Bertz CT molecular complexity index is 516. The van der Waals surface area contributed by atoms with Crippen molar-refractivity contribution in [1.29, 1.82) is 0 Å². The van der Waals surface area contributed by atoms with Crippen molar-refractivity contribution < 1.29 is 9.18 Å². The molecule has 0 unspecified atom stereocenters. The smallest absolute Gasteiger partial charge is 0.308 e. The van der Waals surface area contributed by atoms with E-state index in [1.807, 2.05) is 6.07 Å². The van der Waals surface area contributed by atoms with Crippen LogP contribution in [-0.4, -0.2) is 11.0 Å². The van der Waals surface area contributed by atoms with Crippen molar-refractivity contribution in [2.75, 3.05) is 10.6 Å². The maximum atomic E-state index is 13.1. The number of hydrogen-bond donors (Lipinski definition) is 2. The van der Waals surface area contributed by atoms with Gasteiger partial charge >= 0.3 is 6.03 Å². The summed E-state index contributed by atoms with van der Waals surface area (Å²) in [6.45, 7) is 0. The summed E-state index contributed by atoms with van der Waals surface area (Å²) in [5.74, 6) is -0.712. The maximum Gasteiger partial charge on any atom is 0.323 e. The summed E-state index contributed by atoms with van der Waals surface area (Å²) < 4.78 is 13.1. The van der Waals surface area contributed by atoms with Crippen molar-refractivity contribution in [2.24, 2.45) is 0 Å². The van der Waals surface area contributed by atoms with Crippen molar-refractivity contribution in [3.8, 4) is 0 Å². The highest BCUT2D eigenvalue weighted by Gasteiger charge is 2.06. The van der Waals surface area contributed by atoms with E-state index in [-0.39, 0.29) is 5.69 Å². The Balaban J connectivity index is 2.01. The second kappa shape index (κ2) is 5.07. The number of hydrogen-bond acceptors (Lipinski definition) is 2. The molecule has 17 heavy (non-hydrogen) atoms. The highest BCUT2D eigenvalue weighted by Crippen LogP contribution is 2.11. The number of carbonyl (C=O) groups excluding carboxylic acids is 1. The fraction of sp³-hybridized carbons (Fsp3) is 0. The second-order valence-electron chi connectivity index (χ2n) is 3.29. The van der Waals surface area contributed by atoms with Gasteiger partial charge in [0.1, 0.15) is 0 Å². The van der Waals surface area contributed by atoms with Crippen LogP contribution in [-0.2, 0) is 0 Å². The van der Waals surface area contributed by atoms with Gasteiger partial charge in [0, 0.05) is 11.9 Å². The van der Waals surface area contributed by atoms with Crippen molar-refractivity contribution in [2.45, 2.75) is 0 Å². The Morgan fingerprint density at radius 1 is 1.06 bits per heavy atom. The fourth-order valence-electron chi connectivity index (χ4n) is 1.29. The van der Waals surface area contributed by atoms with Gasteiger partial charge in [-0.1, -0.05) is 18.2 Å². The van der Waals surface area contributed by atoms with Gasteiger partial charge in [0.15, 0.2) is 0 Å². The largest absolute Gasteiger partial charge is 0.323 e. The molecule has 5 heteroatoms. The molecule has 4 nitrogen and oxygen atoms in total. The van der Waals surface area contributed by atoms with Gasteiger partial charge in [-0.25, -0.2) is 9.78 Å². The van der Waals surface area contributed by atoms with Crippen LogP contribution in [0.3, 0.4) is 0 Å². The topological polar surface area (TPSA) is 54.0 Å². The molecule has 2 N–H and O–H groups in total. The fourth-order valence-corrected chi connectivity index (χ4v) is 1.29. The standard InChI is InChI=1S/C12H10FN3O/c13-11-10(7-4-8-14-11)16-12(17)15-9-5-2-1-3-6-9/h1-8H,(H2,15,16,17). The molecule has 1 heterocycles. The molecule has 1 aromatic carbocycles. The van der Waals surface area contributed by atoms with Crippen LogP contribution in [0.1, 0.15) is 0 Å². The van der Waals surface area contributed by atoms with E-state index in [2.05, 4.69) is 15.6 Å². The van der Waals surface area contributed by atoms with Gasteiger partial charge in [0.25, 0.3) is 0 Å². The van der Waals surface area contributed by atoms with Crippen molar-refractivity contribution in [3.63, 3.8) is 0 Å². The highest BCUT2D eigenvalue weighted by atomic mass is 19.1. The van der Waals surface area contributed by atoms with Crippen LogP contribution in [0.15, 0.2) is 48.7 Å². The molecule has 0 atom stereocenters. The Hall–Kier alpha value is -2.43. The lowest BCUT2D eigenvalue weighted by Gasteiger charge is -2.07. The number of para-hydroxylation sites is 1. The molecule has 1 aromatic heterocycles. The molecule has 0 saturated carbocycles. The van der Waals surface area contributed by atoms with Crippen LogP contribution in [0, 0.1) is 5.95 Å². The molecule has 0 saturated heterocycles. The van der Waals surface area contributed by atoms with E-state index in [1.165, 1.54) is 12.3 Å². The molecule has 0 radical (unpaired) electrons. The lowest BCUT2D eigenvalue weighted by Crippen LogP contribution is -2.20. The number of nitrogens with one attached hydrogen (secondary N) is 2.